The topological polar surface area (TPSA) is 36.4 Å². The molecule has 1 aliphatic heterocycles. The lowest BCUT2D eigenvalue weighted by Crippen LogP contribution is -2.34. The van der Waals surface area contributed by atoms with Gasteiger partial charge in [-0.05, 0) is 44.8 Å². The zero-order valence-corrected chi connectivity index (χ0v) is 14.6. The summed E-state index contributed by atoms with van der Waals surface area (Å²) in [6.07, 6.45) is -2.33. The van der Waals surface area contributed by atoms with Crippen LogP contribution in [0.2, 0.25) is 0 Å². The van der Waals surface area contributed by atoms with Crippen LogP contribution in [0.25, 0.3) is 11.3 Å². The highest BCUT2D eigenvalue weighted by Gasteiger charge is 2.31. The molecular weight excluding hydrogens is 343 g/mol. The Labute approximate surface area is 150 Å². The van der Waals surface area contributed by atoms with E-state index < -0.39 is 11.7 Å². The third-order valence-corrected chi connectivity index (χ3v) is 4.70. The van der Waals surface area contributed by atoms with Crippen LogP contribution < -0.4 is 0 Å². The monoisotopic (exact) mass is 363 g/mol. The molecular formula is C19H20F3N3O. The van der Waals surface area contributed by atoms with Crippen molar-refractivity contribution in [2.24, 2.45) is 0 Å². The predicted octanol–water partition coefficient (Wildman–Crippen LogP) is 3.54. The van der Waals surface area contributed by atoms with Crippen molar-refractivity contribution in [2.75, 3.05) is 27.2 Å². The Morgan fingerprint density at radius 2 is 1.88 bits per heavy atom. The molecule has 1 atom stereocenters. The number of carbonyl (C=O) groups excluding carboxylic acids is 1. The molecule has 2 heterocycles. The number of benzene rings is 1. The molecule has 3 rings (SSSR count). The van der Waals surface area contributed by atoms with Gasteiger partial charge >= 0.3 is 6.18 Å². The minimum Gasteiger partial charge on any atom is -0.337 e. The highest BCUT2D eigenvalue weighted by molar-refractivity contribution is 5.94. The molecule has 1 aliphatic rings. The maximum absolute atomic E-state index is 12.8. The fourth-order valence-electron chi connectivity index (χ4n) is 3.08. The Morgan fingerprint density at radius 1 is 1.19 bits per heavy atom. The van der Waals surface area contributed by atoms with Gasteiger partial charge in [-0.3, -0.25) is 9.78 Å². The van der Waals surface area contributed by atoms with Gasteiger partial charge in [0.15, 0.2) is 0 Å². The molecule has 0 spiro atoms. The first kappa shape index (κ1) is 18.4. The van der Waals surface area contributed by atoms with Crippen LogP contribution in [0.15, 0.2) is 42.6 Å². The number of halogens is 3. The summed E-state index contributed by atoms with van der Waals surface area (Å²) < 4.78 is 38.5. The summed E-state index contributed by atoms with van der Waals surface area (Å²) >= 11 is 0. The van der Waals surface area contributed by atoms with Gasteiger partial charge in [0.25, 0.3) is 5.91 Å². The molecule has 0 unspecified atom stereocenters. The average Bonchev–Trinajstić information content (AvgIpc) is 3.11. The first-order chi connectivity index (χ1) is 12.3. The van der Waals surface area contributed by atoms with E-state index in [2.05, 4.69) is 9.88 Å². The molecule has 1 aromatic heterocycles. The molecule has 26 heavy (non-hydrogen) atoms. The number of aromatic nitrogens is 1. The third-order valence-electron chi connectivity index (χ3n) is 4.70. The molecule has 1 aromatic carbocycles. The summed E-state index contributed by atoms with van der Waals surface area (Å²) in [6.45, 7) is 1.39. The van der Waals surface area contributed by atoms with E-state index in [-0.39, 0.29) is 11.6 Å². The van der Waals surface area contributed by atoms with Gasteiger partial charge in [0.2, 0.25) is 0 Å². The zero-order valence-electron chi connectivity index (χ0n) is 14.6. The SMILES string of the molecule is CN(C)[C@@H]1CCN(C(=O)c2ccc(-c3cc(C(F)(F)F)ccn3)cc2)C1. The lowest BCUT2D eigenvalue weighted by Gasteiger charge is -2.20. The molecule has 0 N–H and O–H groups in total. The highest BCUT2D eigenvalue weighted by Crippen LogP contribution is 2.31. The van der Waals surface area contributed by atoms with Gasteiger partial charge in [-0.1, -0.05) is 12.1 Å². The van der Waals surface area contributed by atoms with E-state index in [1.54, 1.807) is 24.3 Å². The van der Waals surface area contributed by atoms with Crippen LogP contribution in [0.3, 0.4) is 0 Å². The number of amides is 1. The van der Waals surface area contributed by atoms with Crippen LogP contribution in [0.4, 0.5) is 13.2 Å². The van der Waals surface area contributed by atoms with Gasteiger partial charge in [-0.15, -0.1) is 0 Å². The third kappa shape index (κ3) is 3.88. The fraction of sp³-hybridized carbons (Fsp3) is 0.368. The summed E-state index contributed by atoms with van der Waals surface area (Å²) in [6, 6.07) is 8.86. The lowest BCUT2D eigenvalue weighted by atomic mass is 10.1. The number of nitrogens with zero attached hydrogens (tertiary/aromatic N) is 3. The number of hydrogen-bond donors (Lipinski definition) is 0. The van der Waals surface area contributed by atoms with Gasteiger partial charge in [0, 0.05) is 36.5 Å². The molecule has 1 amide bonds. The minimum absolute atomic E-state index is 0.0575. The van der Waals surface area contributed by atoms with Crippen molar-refractivity contribution in [1.29, 1.82) is 0 Å². The Balaban J connectivity index is 1.76. The molecule has 4 nitrogen and oxygen atoms in total. The number of carbonyl (C=O) groups is 1. The summed E-state index contributed by atoms with van der Waals surface area (Å²) in [5.41, 5.74) is 0.558. The summed E-state index contributed by atoms with van der Waals surface area (Å²) in [5.74, 6) is -0.0575. The highest BCUT2D eigenvalue weighted by atomic mass is 19.4. The van der Waals surface area contributed by atoms with Gasteiger partial charge in [0.1, 0.15) is 0 Å². The quantitative estimate of drug-likeness (QED) is 0.837. The summed E-state index contributed by atoms with van der Waals surface area (Å²) in [4.78, 5) is 20.5. The maximum Gasteiger partial charge on any atom is 0.416 e. The molecule has 0 aliphatic carbocycles. The van der Waals surface area contributed by atoms with Crippen molar-refractivity contribution in [1.82, 2.24) is 14.8 Å². The van der Waals surface area contributed by atoms with Crippen molar-refractivity contribution in [3.05, 3.63) is 53.7 Å². The number of likely N-dealkylation sites (tertiary alicyclic amines) is 1. The van der Waals surface area contributed by atoms with E-state index in [1.807, 2.05) is 19.0 Å². The van der Waals surface area contributed by atoms with Crippen molar-refractivity contribution in [3.8, 4) is 11.3 Å². The molecule has 0 saturated carbocycles. The Morgan fingerprint density at radius 3 is 2.46 bits per heavy atom. The molecule has 7 heteroatoms. The van der Waals surface area contributed by atoms with Crippen molar-refractivity contribution in [2.45, 2.75) is 18.6 Å². The predicted molar refractivity (Wildman–Crippen MR) is 92.7 cm³/mol. The Kier molecular flexibility index (Phi) is 5.00. The second-order valence-electron chi connectivity index (χ2n) is 6.66. The zero-order chi connectivity index (χ0) is 18.9. The number of rotatable bonds is 3. The van der Waals surface area contributed by atoms with Gasteiger partial charge in [-0.2, -0.15) is 13.2 Å². The first-order valence-electron chi connectivity index (χ1n) is 8.35. The van der Waals surface area contributed by atoms with Crippen molar-refractivity contribution in [3.63, 3.8) is 0 Å². The largest absolute Gasteiger partial charge is 0.416 e. The number of hydrogen-bond acceptors (Lipinski definition) is 3. The second-order valence-corrected chi connectivity index (χ2v) is 6.66. The van der Waals surface area contributed by atoms with Crippen molar-refractivity contribution >= 4 is 5.91 Å². The molecule has 1 fully saturated rings. The van der Waals surface area contributed by atoms with E-state index in [9.17, 15) is 18.0 Å². The molecule has 138 valence electrons. The Hall–Kier alpha value is -2.41. The van der Waals surface area contributed by atoms with Crippen LogP contribution >= 0.6 is 0 Å². The van der Waals surface area contributed by atoms with E-state index in [0.29, 0.717) is 30.3 Å². The number of alkyl halides is 3. The Bertz CT molecular complexity index is 787. The van der Waals surface area contributed by atoms with Crippen molar-refractivity contribution < 1.29 is 18.0 Å². The van der Waals surface area contributed by atoms with Gasteiger partial charge < -0.3 is 9.80 Å². The van der Waals surface area contributed by atoms with Gasteiger partial charge in [0.05, 0.1) is 11.3 Å². The summed E-state index contributed by atoms with van der Waals surface area (Å²) in [7, 11) is 3.99. The van der Waals surface area contributed by atoms with E-state index in [0.717, 1.165) is 24.8 Å². The first-order valence-corrected chi connectivity index (χ1v) is 8.35. The summed E-state index contributed by atoms with van der Waals surface area (Å²) in [5, 5.41) is 0. The van der Waals surface area contributed by atoms with Gasteiger partial charge in [-0.25, -0.2) is 0 Å². The minimum atomic E-state index is -4.41. The smallest absolute Gasteiger partial charge is 0.337 e. The molecule has 2 aromatic rings. The van der Waals surface area contributed by atoms with Crippen LogP contribution in [-0.2, 0) is 6.18 Å². The van der Waals surface area contributed by atoms with Crippen LogP contribution in [0, 0.1) is 0 Å². The van der Waals surface area contributed by atoms with E-state index in [4.69, 9.17) is 0 Å². The fourth-order valence-corrected chi connectivity index (χ4v) is 3.08. The normalized spacial score (nSPS) is 17.8. The van der Waals surface area contributed by atoms with Crippen LogP contribution in [0.1, 0.15) is 22.3 Å². The molecule has 0 bridgehead atoms. The molecule has 0 radical (unpaired) electrons. The average molecular weight is 363 g/mol. The second kappa shape index (κ2) is 7.07. The van der Waals surface area contributed by atoms with E-state index >= 15 is 0 Å². The standard InChI is InChI=1S/C19H20F3N3O/c1-24(2)16-8-10-25(12-16)18(26)14-5-3-13(4-6-14)17-11-15(7-9-23-17)19(20,21)22/h3-7,9,11,16H,8,10,12H2,1-2H3/t16-/m1/s1. The van der Waals surface area contributed by atoms with Crippen LogP contribution in [0.5, 0.6) is 0 Å². The lowest BCUT2D eigenvalue weighted by molar-refractivity contribution is -0.137. The molecule has 1 saturated heterocycles. The number of likely N-dealkylation sites (N-methyl/N-ethyl adjacent to an activating group) is 1. The maximum atomic E-state index is 12.8. The van der Waals surface area contributed by atoms with E-state index in [1.165, 1.54) is 0 Å². The van der Waals surface area contributed by atoms with Crippen LogP contribution in [-0.4, -0.2) is 53.9 Å². The number of pyridine rings is 1.